The molecule has 5 heteroatoms. The molecule has 26 heavy (non-hydrogen) atoms. The Balaban J connectivity index is 1.66. The van der Waals surface area contributed by atoms with Crippen molar-refractivity contribution in [3.63, 3.8) is 0 Å². The van der Waals surface area contributed by atoms with Gasteiger partial charge in [0.1, 0.15) is 0 Å². The molecule has 0 aromatic heterocycles. The molecule has 1 amide bonds. The fraction of sp³-hybridized carbons (Fsp3) is 0.762. The molecule has 0 aromatic carbocycles. The highest BCUT2D eigenvalue weighted by atomic mass is 16.2. The zero-order valence-corrected chi connectivity index (χ0v) is 16.6. The number of carbonyl (C=O) groups excluding carboxylic acids is 1. The van der Waals surface area contributed by atoms with E-state index in [0.717, 1.165) is 39.1 Å². The van der Waals surface area contributed by atoms with Gasteiger partial charge in [0.05, 0.1) is 11.6 Å². The van der Waals surface area contributed by atoms with Crippen LogP contribution in [0.3, 0.4) is 0 Å². The van der Waals surface area contributed by atoms with Crippen molar-refractivity contribution in [2.24, 2.45) is 11.8 Å². The van der Waals surface area contributed by atoms with Gasteiger partial charge in [0.25, 0.3) is 0 Å². The highest BCUT2D eigenvalue weighted by Crippen LogP contribution is 2.48. The molecule has 4 rings (SSSR count). The molecule has 2 unspecified atom stereocenters. The molecule has 144 valence electrons. The maximum atomic E-state index is 13.0. The van der Waals surface area contributed by atoms with E-state index in [-0.39, 0.29) is 17.5 Å². The van der Waals surface area contributed by atoms with E-state index in [1.165, 1.54) is 37.0 Å². The van der Waals surface area contributed by atoms with Crippen LogP contribution in [0.4, 0.5) is 0 Å². The second-order valence-corrected chi connectivity index (χ2v) is 8.47. The number of amides is 1. The predicted octanol–water partition coefficient (Wildman–Crippen LogP) is 2.08. The lowest BCUT2D eigenvalue weighted by Crippen LogP contribution is -2.61. The molecule has 2 saturated heterocycles. The molecular formula is C21H34N4O. The minimum Gasteiger partial charge on any atom is -0.370 e. The van der Waals surface area contributed by atoms with Crippen molar-refractivity contribution in [2.45, 2.75) is 51.6 Å². The Morgan fingerprint density at radius 1 is 1.35 bits per heavy atom. The SMILES string of the molecule is CCN(CC)C(=O)[C@H]1C=C(C2=C3CCCC4(NCCCC24)N3)CN(C)C1. The summed E-state index contributed by atoms with van der Waals surface area (Å²) in [4.78, 5) is 17.3. The van der Waals surface area contributed by atoms with E-state index in [1.807, 2.05) is 4.90 Å². The van der Waals surface area contributed by atoms with Gasteiger partial charge in [-0.3, -0.25) is 10.1 Å². The van der Waals surface area contributed by atoms with Crippen LogP contribution in [0.2, 0.25) is 0 Å². The van der Waals surface area contributed by atoms with E-state index >= 15 is 0 Å². The van der Waals surface area contributed by atoms with E-state index in [1.54, 1.807) is 5.57 Å². The van der Waals surface area contributed by atoms with Gasteiger partial charge in [0, 0.05) is 37.8 Å². The van der Waals surface area contributed by atoms with Crippen molar-refractivity contribution in [2.75, 3.05) is 39.8 Å². The fourth-order valence-corrected chi connectivity index (χ4v) is 5.67. The summed E-state index contributed by atoms with van der Waals surface area (Å²) in [5, 5.41) is 7.68. The van der Waals surface area contributed by atoms with Crippen molar-refractivity contribution < 1.29 is 4.79 Å². The van der Waals surface area contributed by atoms with Crippen molar-refractivity contribution in [1.29, 1.82) is 0 Å². The summed E-state index contributed by atoms with van der Waals surface area (Å²) in [6.07, 6.45) is 8.46. The lowest BCUT2D eigenvalue weighted by molar-refractivity contribution is -0.134. The molecule has 5 nitrogen and oxygen atoms in total. The molecule has 0 aliphatic carbocycles. The third-order valence-electron chi connectivity index (χ3n) is 6.84. The van der Waals surface area contributed by atoms with Gasteiger partial charge in [0.2, 0.25) is 5.91 Å². The topological polar surface area (TPSA) is 47.6 Å². The summed E-state index contributed by atoms with van der Waals surface area (Å²) in [5.41, 5.74) is 4.49. The Morgan fingerprint density at radius 3 is 2.92 bits per heavy atom. The number of likely N-dealkylation sites (N-methyl/N-ethyl adjacent to an activating group) is 1. The standard InChI is InChI=1S/C21H34N4O/c1-4-25(5-2)20(26)16-12-15(13-24(3)14-16)19-17-8-7-11-22-21(17)10-6-9-18(19)23-21/h12,16-17,22-23H,4-11,13-14H2,1-3H3/t16-,17?,21?/m0/s1. The molecule has 1 spiro atoms. The maximum Gasteiger partial charge on any atom is 0.230 e. The van der Waals surface area contributed by atoms with Crippen molar-refractivity contribution in [3.8, 4) is 0 Å². The highest BCUT2D eigenvalue weighted by Gasteiger charge is 2.51. The molecule has 3 atom stereocenters. The van der Waals surface area contributed by atoms with E-state index in [4.69, 9.17) is 0 Å². The molecule has 0 saturated carbocycles. The van der Waals surface area contributed by atoms with Crippen molar-refractivity contribution >= 4 is 5.91 Å². The summed E-state index contributed by atoms with van der Waals surface area (Å²) in [6, 6.07) is 0. The largest absolute Gasteiger partial charge is 0.370 e. The smallest absolute Gasteiger partial charge is 0.230 e. The lowest BCUT2D eigenvalue weighted by atomic mass is 9.77. The molecular weight excluding hydrogens is 324 g/mol. The average Bonchev–Trinajstić information content (AvgIpc) is 2.87. The molecule has 2 N–H and O–H groups in total. The minimum atomic E-state index is -0.00953. The Kier molecular flexibility index (Phi) is 4.86. The first kappa shape index (κ1) is 18.1. The Morgan fingerprint density at radius 2 is 2.15 bits per heavy atom. The second-order valence-electron chi connectivity index (χ2n) is 8.47. The van der Waals surface area contributed by atoms with Crippen LogP contribution in [0.5, 0.6) is 0 Å². The van der Waals surface area contributed by atoms with Crippen LogP contribution in [0.15, 0.2) is 22.9 Å². The fourth-order valence-electron chi connectivity index (χ4n) is 5.67. The monoisotopic (exact) mass is 358 g/mol. The maximum absolute atomic E-state index is 13.0. The van der Waals surface area contributed by atoms with Crippen LogP contribution in [-0.2, 0) is 4.79 Å². The van der Waals surface area contributed by atoms with Gasteiger partial charge in [-0.2, -0.15) is 0 Å². The molecule has 4 heterocycles. The molecule has 0 radical (unpaired) electrons. The molecule has 4 aliphatic heterocycles. The summed E-state index contributed by atoms with van der Waals surface area (Å²) < 4.78 is 0. The number of piperidine rings is 2. The van der Waals surface area contributed by atoms with Crippen molar-refractivity contribution in [3.05, 3.63) is 22.9 Å². The first-order chi connectivity index (χ1) is 12.6. The summed E-state index contributed by atoms with van der Waals surface area (Å²) in [5.74, 6) is 0.843. The summed E-state index contributed by atoms with van der Waals surface area (Å²) in [6.45, 7) is 8.66. The third-order valence-corrected chi connectivity index (χ3v) is 6.84. The van der Waals surface area contributed by atoms with Gasteiger partial charge in [-0.25, -0.2) is 0 Å². The third kappa shape index (κ3) is 2.89. The molecule has 2 bridgehead atoms. The quantitative estimate of drug-likeness (QED) is 0.808. The average molecular weight is 359 g/mol. The van der Waals surface area contributed by atoms with Crippen molar-refractivity contribution in [1.82, 2.24) is 20.4 Å². The summed E-state index contributed by atoms with van der Waals surface area (Å²) >= 11 is 0. The summed E-state index contributed by atoms with van der Waals surface area (Å²) in [7, 11) is 2.16. The molecule has 0 aromatic rings. The van der Waals surface area contributed by atoms with E-state index in [2.05, 4.69) is 42.5 Å². The van der Waals surface area contributed by atoms with E-state index in [0.29, 0.717) is 5.92 Å². The van der Waals surface area contributed by atoms with Gasteiger partial charge >= 0.3 is 0 Å². The number of hydrogen-bond donors (Lipinski definition) is 2. The number of carbonyl (C=O) groups is 1. The zero-order chi connectivity index (χ0) is 18.3. The minimum absolute atomic E-state index is 0.00953. The number of fused-ring (bicyclic) bond motifs is 1. The normalized spacial score (nSPS) is 34.2. The first-order valence-electron chi connectivity index (χ1n) is 10.5. The van der Waals surface area contributed by atoms with Gasteiger partial charge in [-0.1, -0.05) is 6.08 Å². The zero-order valence-electron chi connectivity index (χ0n) is 16.6. The molecule has 4 aliphatic rings. The van der Waals surface area contributed by atoms with E-state index < -0.39 is 0 Å². The second kappa shape index (κ2) is 7.01. The predicted molar refractivity (Wildman–Crippen MR) is 104 cm³/mol. The van der Waals surface area contributed by atoms with Gasteiger partial charge < -0.3 is 15.1 Å². The number of allylic oxidation sites excluding steroid dienone is 1. The Hall–Kier alpha value is -1.33. The highest BCUT2D eigenvalue weighted by molar-refractivity contribution is 5.81. The van der Waals surface area contributed by atoms with Crippen LogP contribution in [0.25, 0.3) is 0 Å². The first-order valence-corrected chi connectivity index (χ1v) is 10.5. The van der Waals surface area contributed by atoms with Crippen LogP contribution < -0.4 is 10.6 Å². The van der Waals surface area contributed by atoms with Gasteiger partial charge in [0.15, 0.2) is 0 Å². The van der Waals surface area contributed by atoms with Crippen LogP contribution in [0.1, 0.15) is 46.0 Å². The van der Waals surface area contributed by atoms with Crippen LogP contribution in [0, 0.1) is 11.8 Å². The number of nitrogens with one attached hydrogen (secondary N) is 2. The van der Waals surface area contributed by atoms with Crippen LogP contribution >= 0.6 is 0 Å². The Bertz CT molecular complexity index is 632. The number of hydrogen-bond acceptors (Lipinski definition) is 4. The Labute approximate surface area is 157 Å². The van der Waals surface area contributed by atoms with Gasteiger partial charge in [-0.15, -0.1) is 0 Å². The molecule has 2 fully saturated rings. The van der Waals surface area contributed by atoms with Crippen LogP contribution in [-0.4, -0.2) is 61.1 Å². The van der Waals surface area contributed by atoms with E-state index in [9.17, 15) is 4.79 Å². The number of nitrogens with zero attached hydrogens (tertiary/aromatic N) is 2. The lowest BCUT2D eigenvalue weighted by Gasteiger charge is -2.44. The van der Waals surface area contributed by atoms with Gasteiger partial charge in [-0.05, 0) is 70.7 Å². The number of rotatable bonds is 4.